The first-order valence-corrected chi connectivity index (χ1v) is 4.91. The number of carbonyl (C=O) groups is 1. The van der Waals surface area contributed by atoms with Crippen LogP contribution in [0.25, 0.3) is 0 Å². The van der Waals surface area contributed by atoms with Crippen molar-refractivity contribution >= 4 is 5.78 Å². The molecule has 0 spiro atoms. The Morgan fingerprint density at radius 1 is 1.62 bits per heavy atom. The number of carbonyl (C=O) groups excluding carboxylic acids is 1. The molecule has 0 aliphatic heterocycles. The summed E-state index contributed by atoms with van der Waals surface area (Å²) in [5.74, 6) is -1.58. The predicted octanol–water partition coefficient (Wildman–Crippen LogP) is 2.57. The minimum Gasteiger partial charge on any atom is -0.494 e. The molecule has 4 heteroatoms. The molecule has 1 rings (SSSR count). The summed E-state index contributed by atoms with van der Waals surface area (Å²) in [6, 6.07) is 5.84. The molecule has 0 aromatic heterocycles. The number of methoxy groups -OCH3 is 1. The van der Waals surface area contributed by atoms with Crippen molar-refractivity contribution in [1.82, 2.24) is 0 Å². The van der Waals surface area contributed by atoms with Crippen molar-refractivity contribution in [1.29, 1.82) is 5.26 Å². The Labute approximate surface area is 93.5 Å². The highest BCUT2D eigenvalue weighted by atomic mass is 19.1. The fourth-order valence-corrected chi connectivity index (χ4v) is 1.36. The Hall–Kier alpha value is -1.89. The zero-order valence-corrected chi connectivity index (χ0v) is 9.16. The van der Waals surface area contributed by atoms with E-state index in [1.165, 1.54) is 19.2 Å². The van der Waals surface area contributed by atoms with Crippen LogP contribution < -0.4 is 4.74 Å². The second kappa shape index (κ2) is 5.26. The fraction of sp³-hybridized carbons (Fsp3) is 0.333. The second-order valence-electron chi connectivity index (χ2n) is 3.30. The normalized spacial score (nSPS) is 11.6. The first-order chi connectivity index (χ1) is 7.63. The minimum absolute atomic E-state index is 0.0848. The lowest BCUT2D eigenvalue weighted by Gasteiger charge is -2.07. The lowest BCUT2D eigenvalue weighted by atomic mass is 9.96. The maximum Gasteiger partial charge on any atom is 0.180 e. The number of benzene rings is 1. The summed E-state index contributed by atoms with van der Waals surface area (Å²) < 4.78 is 18.1. The molecule has 3 nitrogen and oxygen atoms in total. The molecule has 0 aliphatic rings. The van der Waals surface area contributed by atoms with Crippen molar-refractivity contribution < 1.29 is 13.9 Å². The van der Waals surface area contributed by atoms with Crippen LogP contribution in [0, 0.1) is 23.1 Å². The van der Waals surface area contributed by atoms with E-state index in [1.807, 2.05) is 6.07 Å². The number of nitriles is 1. The van der Waals surface area contributed by atoms with E-state index in [2.05, 4.69) is 0 Å². The molecule has 1 unspecified atom stereocenters. The minimum atomic E-state index is -0.715. The molecule has 1 aromatic carbocycles. The number of ether oxygens (including phenoxy) is 1. The quantitative estimate of drug-likeness (QED) is 0.734. The number of hydrogen-bond donors (Lipinski definition) is 0. The van der Waals surface area contributed by atoms with E-state index in [1.54, 1.807) is 6.92 Å². The maximum atomic E-state index is 13.3. The van der Waals surface area contributed by atoms with Crippen molar-refractivity contribution in [2.24, 2.45) is 5.92 Å². The maximum absolute atomic E-state index is 13.3. The number of Topliss-reactive ketones (excluding diaryl/α,β-unsaturated/α-hetero) is 1. The molecule has 0 fully saturated rings. The third-order valence-corrected chi connectivity index (χ3v) is 2.32. The summed E-state index contributed by atoms with van der Waals surface area (Å²) >= 11 is 0. The van der Waals surface area contributed by atoms with Gasteiger partial charge in [-0.05, 0) is 24.6 Å². The van der Waals surface area contributed by atoms with Gasteiger partial charge in [-0.25, -0.2) is 4.39 Å². The van der Waals surface area contributed by atoms with Crippen LogP contribution in [-0.2, 0) is 0 Å². The van der Waals surface area contributed by atoms with Gasteiger partial charge < -0.3 is 4.74 Å². The molecule has 0 radical (unpaired) electrons. The topological polar surface area (TPSA) is 50.1 Å². The van der Waals surface area contributed by atoms with Crippen molar-refractivity contribution in [3.63, 3.8) is 0 Å². The number of rotatable bonds is 4. The Bertz CT molecular complexity index is 437. The van der Waals surface area contributed by atoms with Crippen LogP contribution in [0.3, 0.4) is 0 Å². The zero-order chi connectivity index (χ0) is 12.1. The molecule has 0 aliphatic carbocycles. The average molecular weight is 221 g/mol. The van der Waals surface area contributed by atoms with Crippen LogP contribution >= 0.6 is 0 Å². The van der Waals surface area contributed by atoms with Gasteiger partial charge in [0.05, 0.1) is 13.2 Å². The van der Waals surface area contributed by atoms with Gasteiger partial charge in [0, 0.05) is 5.56 Å². The van der Waals surface area contributed by atoms with E-state index in [9.17, 15) is 9.18 Å². The third-order valence-electron chi connectivity index (χ3n) is 2.32. The van der Waals surface area contributed by atoms with Crippen LogP contribution in [0.4, 0.5) is 4.39 Å². The number of hydrogen-bond acceptors (Lipinski definition) is 3. The molecule has 0 saturated heterocycles. The summed E-state index contributed by atoms with van der Waals surface area (Å²) in [5, 5.41) is 8.74. The van der Waals surface area contributed by atoms with Crippen LogP contribution in [0.15, 0.2) is 18.2 Å². The van der Waals surface area contributed by atoms with Gasteiger partial charge in [0.15, 0.2) is 17.3 Å². The van der Waals surface area contributed by atoms with Gasteiger partial charge in [-0.2, -0.15) is 5.26 Å². The van der Waals surface area contributed by atoms with E-state index in [4.69, 9.17) is 10.00 Å². The van der Waals surface area contributed by atoms with Gasteiger partial charge in [0.2, 0.25) is 0 Å². The van der Waals surface area contributed by atoms with Crippen LogP contribution in [-0.4, -0.2) is 12.9 Å². The lowest BCUT2D eigenvalue weighted by Crippen LogP contribution is -2.12. The highest BCUT2D eigenvalue weighted by molar-refractivity contribution is 5.99. The molecule has 84 valence electrons. The van der Waals surface area contributed by atoms with Crippen LogP contribution in [0.2, 0.25) is 0 Å². The summed E-state index contributed by atoms with van der Waals surface area (Å²) in [6.07, 6.45) is 0.420. The molecule has 0 amide bonds. The predicted molar refractivity (Wildman–Crippen MR) is 56.7 cm³/mol. The highest BCUT2D eigenvalue weighted by Gasteiger charge is 2.18. The Kier molecular flexibility index (Phi) is 4.01. The van der Waals surface area contributed by atoms with E-state index in [-0.39, 0.29) is 17.1 Å². The summed E-state index contributed by atoms with van der Waals surface area (Å²) in [7, 11) is 1.35. The van der Waals surface area contributed by atoms with E-state index in [0.29, 0.717) is 6.42 Å². The van der Waals surface area contributed by atoms with Crippen molar-refractivity contribution in [2.75, 3.05) is 7.11 Å². The summed E-state index contributed by atoms with van der Waals surface area (Å²) in [5.41, 5.74) is 0.201. The van der Waals surface area contributed by atoms with Crippen LogP contribution in [0.5, 0.6) is 5.75 Å². The van der Waals surface area contributed by atoms with Gasteiger partial charge in [-0.1, -0.05) is 6.92 Å². The Morgan fingerprint density at radius 2 is 2.31 bits per heavy atom. The molecule has 16 heavy (non-hydrogen) atoms. The molecular weight excluding hydrogens is 209 g/mol. The molecule has 0 saturated carbocycles. The van der Waals surface area contributed by atoms with Gasteiger partial charge >= 0.3 is 0 Å². The number of ketones is 1. The smallest absolute Gasteiger partial charge is 0.180 e. The Balaban J connectivity index is 3.02. The van der Waals surface area contributed by atoms with Gasteiger partial charge in [-0.3, -0.25) is 4.79 Å². The standard InChI is InChI=1S/C12H12FNO2/c1-3-8(7-14)12(15)9-4-5-11(16-2)10(13)6-9/h4-6,8H,3H2,1-2H3. The largest absolute Gasteiger partial charge is 0.494 e. The number of nitrogens with zero attached hydrogens (tertiary/aromatic N) is 1. The van der Waals surface area contributed by atoms with Gasteiger partial charge in [0.25, 0.3) is 0 Å². The van der Waals surface area contributed by atoms with Crippen molar-refractivity contribution in [3.8, 4) is 11.8 Å². The van der Waals surface area contributed by atoms with E-state index < -0.39 is 11.7 Å². The van der Waals surface area contributed by atoms with Gasteiger partial charge in [0.1, 0.15) is 5.92 Å². The number of halogens is 1. The summed E-state index contributed by atoms with van der Waals surface area (Å²) in [4.78, 5) is 11.7. The zero-order valence-electron chi connectivity index (χ0n) is 9.16. The van der Waals surface area contributed by atoms with Crippen molar-refractivity contribution in [2.45, 2.75) is 13.3 Å². The molecule has 0 N–H and O–H groups in total. The second-order valence-corrected chi connectivity index (χ2v) is 3.30. The first-order valence-electron chi connectivity index (χ1n) is 4.91. The van der Waals surface area contributed by atoms with E-state index in [0.717, 1.165) is 6.07 Å². The lowest BCUT2D eigenvalue weighted by molar-refractivity contribution is 0.0946. The highest BCUT2D eigenvalue weighted by Crippen LogP contribution is 2.20. The Morgan fingerprint density at radius 3 is 2.75 bits per heavy atom. The molecule has 1 aromatic rings. The van der Waals surface area contributed by atoms with E-state index >= 15 is 0 Å². The molecule has 1 atom stereocenters. The third kappa shape index (κ3) is 2.37. The monoisotopic (exact) mass is 221 g/mol. The average Bonchev–Trinajstić information content (AvgIpc) is 2.30. The summed E-state index contributed by atoms with van der Waals surface area (Å²) in [6.45, 7) is 1.74. The van der Waals surface area contributed by atoms with Crippen LogP contribution in [0.1, 0.15) is 23.7 Å². The molecular formula is C12H12FNO2. The molecule has 0 heterocycles. The molecule has 0 bridgehead atoms. The first kappa shape index (κ1) is 12.2. The van der Waals surface area contributed by atoms with Gasteiger partial charge in [-0.15, -0.1) is 0 Å². The fourth-order valence-electron chi connectivity index (χ4n) is 1.36. The SMILES string of the molecule is CCC(C#N)C(=O)c1ccc(OC)c(F)c1. The van der Waals surface area contributed by atoms with Crippen molar-refractivity contribution in [3.05, 3.63) is 29.6 Å².